The first kappa shape index (κ1) is 21.2. The van der Waals surface area contributed by atoms with Crippen LogP contribution in [-0.2, 0) is 7.05 Å². The van der Waals surface area contributed by atoms with Gasteiger partial charge in [-0.15, -0.1) is 0 Å². The molecule has 0 bridgehead atoms. The van der Waals surface area contributed by atoms with Crippen LogP contribution in [0.2, 0.25) is 0 Å². The zero-order valence-electron chi connectivity index (χ0n) is 21.1. The number of pyridine rings is 2. The maximum Gasteiger partial charge on any atom is 0.256 e. The second-order valence-electron chi connectivity index (χ2n) is 9.95. The Morgan fingerprint density at radius 3 is 2.29 bits per heavy atom. The summed E-state index contributed by atoms with van der Waals surface area (Å²) in [4.78, 5) is 4.81. The lowest BCUT2D eigenvalue weighted by Gasteiger charge is -2.13. The molecule has 0 saturated carbocycles. The molecule has 4 aromatic carbocycles. The monoisotopic (exact) mass is 490 g/mol. The lowest BCUT2D eigenvalue weighted by molar-refractivity contribution is -0.659. The third kappa shape index (κ3) is 2.80. The van der Waals surface area contributed by atoms with Crippen LogP contribution in [0, 0.1) is 6.92 Å². The molecule has 0 radical (unpaired) electrons. The van der Waals surface area contributed by atoms with Crippen LogP contribution < -0.4 is 4.57 Å². The molecule has 8 rings (SSSR count). The van der Waals surface area contributed by atoms with Crippen molar-refractivity contribution in [2.75, 3.05) is 0 Å². The summed E-state index contributed by atoms with van der Waals surface area (Å²) in [7, 11) is 2.09. The summed E-state index contributed by atoms with van der Waals surface area (Å²) in [6, 6.07) is 34.3. The number of furan rings is 1. The fraction of sp³-hybridized carbons (Fsp3) is 0.0588. The Labute approximate surface area is 219 Å². The van der Waals surface area contributed by atoms with E-state index in [1.807, 2.05) is 24.4 Å². The molecule has 0 fully saturated rings. The van der Waals surface area contributed by atoms with Crippen LogP contribution in [0.15, 0.2) is 114 Å². The molecule has 0 N–H and O–H groups in total. The molecular weight excluding hydrogens is 466 g/mol. The predicted molar refractivity (Wildman–Crippen MR) is 155 cm³/mol. The van der Waals surface area contributed by atoms with Crippen molar-refractivity contribution < 1.29 is 8.98 Å². The van der Waals surface area contributed by atoms with E-state index < -0.39 is 0 Å². The van der Waals surface area contributed by atoms with Crippen LogP contribution in [-0.4, -0.2) is 9.55 Å². The first-order valence-corrected chi connectivity index (χ1v) is 12.9. The fourth-order valence-corrected chi connectivity index (χ4v) is 6.12. The fourth-order valence-electron chi connectivity index (χ4n) is 6.12. The van der Waals surface area contributed by atoms with Gasteiger partial charge >= 0.3 is 0 Å². The van der Waals surface area contributed by atoms with Crippen LogP contribution in [0.1, 0.15) is 5.56 Å². The Bertz CT molecular complexity index is 2160. The minimum Gasteiger partial charge on any atom is -0.449 e. The summed E-state index contributed by atoms with van der Waals surface area (Å²) < 4.78 is 10.9. The molecule has 0 amide bonds. The quantitative estimate of drug-likeness (QED) is 0.182. The van der Waals surface area contributed by atoms with Crippen molar-refractivity contribution in [3.63, 3.8) is 0 Å². The molecule has 0 spiro atoms. The number of hydrogen-bond donors (Lipinski definition) is 0. The van der Waals surface area contributed by atoms with Gasteiger partial charge in [0.2, 0.25) is 5.76 Å². The molecule has 0 saturated heterocycles. The summed E-state index contributed by atoms with van der Waals surface area (Å²) in [5, 5.41) is 8.29. The molecule has 180 valence electrons. The molecular formula is C34H24N3O+. The molecule has 0 aliphatic carbocycles. The van der Waals surface area contributed by atoms with Gasteiger partial charge in [0, 0.05) is 44.8 Å². The summed E-state index contributed by atoms with van der Waals surface area (Å²) >= 11 is 0. The van der Waals surface area contributed by atoms with Crippen LogP contribution in [0.25, 0.3) is 71.6 Å². The summed E-state index contributed by atoms with van der Waals surface area (Å²) in [6.45, 7) is 2.15. The SMILES string of the molecule is Cc1c(-c2c3ccc4c(-n5c6ccccc6c6cccnc65)cccc4c3cc[n+]2C)oc2ccccc12. The third-order valence-corrected chi connectivity index (χ3v) is 7.89. The lowest BCUT2D eigenvalue weighted by atomic mass is 9.98. The highest BCUT2D eigenvalue weighted by Gasteiger charge is 2.24. The second kappa shape index (κ2) is 7.77. The van der Waals surface area contributed by atoms with Crippen LogP contribution in [0.3, 0.4) is 0 Å². The van der Waals surface area contributed by atoms with Crippen molar-refractivity contribution >= 4 is 54.5 Å². The van der Waals surface area contributed by atoms with Gasteiger partial charge in [-0.2, -0.15) is 4.57 Å². The number of aromatic nitrogens is 3. The number of rotatable bonds is 2. The average molecular weight is 491 g/mol. The van der Waals surface area contributed by atoms with Gasteiger partial charge in [0.15, 0.2) is 6.20 Å². The van der Waals surface area contributed by atoms with Crippen molar-refractivity contribution in [1.29, 1.82) is 0 Å². The van der Waals surface area contributed by atoms with E-state index in [0.717, 1.165) is 50.2 Å². The first-order valence-electron chi connectivity index (χ1n) is 12.9. The van der Waals surface area contributed by atoms with Crippen molar-refractivity contribution in [2.24, 2.45) is 7.05 Å². The van der Waals surface area contributed by atoms with Crippen molar-refractivity contribution in [2.45, 2.75) is 6.92 Å². The largest absolute Gasteiger partial charge is 0.449 e. The van der Waals surface area contributed by atoms with Gasteiger partial charge in [0.25, 0.3) is 5.69 Å². The summed E-state index contributed by atoms with van der Waals surface area (Å²) in [5.41, 5.74) is 6.42. The van der Waals surface area contributed by atoms with Gasteiger partial charge in [-0.3, -0.25) is 4.57 Å². The van der Waals surface area contributed by atoms with Gasteiger partial charge in [0.1, 0.15) is 18.3 Å². The van der Waals surface area contributed by atoms with Crippen LogP contribution in [0.5, 0.6) is 0 Å². The number of aryl methyl sites for hydroxylation is 2. The minimum absolute atomic E-state index is 0.916. The topological polar surface area (TPSA) is 34.8 Å². The Morgan fingerprint density at radius 1 is 0.658 bits per heavy atom. The molecule has 0 atom stereocenters. The number of benzene rings is 4. The Morgan fingerprint density at radius 2 is 1.39 bits per heavy atom. The molecule has 38 heavy (non-hydrogen) atoms. The Balaban J connectivity index is 1.45. The Kier molecular flexibility index (Phi) is 4.32. The van der Waals surface area contributed by atoms with E-state index in [0.29, 0.717) is 0 Å². The molecule has 0 aliphatic heterocycles. The van der Waals surface area contributed by atoms with E-state index in [2.05, 4.69) is 108 Å². The first-order chi connectivity index (χ1) is 18.7. The number of nitrogens with zero attached hydrogens (tertiary/aromatic N) is 3. The van der Waals surface area contributed by atoms with E-state index in [1.54, 1.807) is 0 Å². The van der Waals surface area contributed by atoms with Crippen LogP contribution >= 0.6 is 0 Å². The summed E-state index contributed by atoms with van der Waals surface area (Å²) in [5.74, 6) is 0.918. The van der Waals surface area contributed by atoms with E-state index >= 15 is 0 Å². The standard InChI is InChI=1S/C34H24N3O/c1-21-22-9-4-6-15-31(22)38-33(21)32-27-17-16-26-23(24(27)18-20-36(32)2)11-7-14-30(26)37-29-13-5-3-10-25(29)28-12-8-19-35-34(28)37/h3-20H,1-2H3/q+1. The second-order valence-corrected chi connectivity index (χ2v) is 9.95. The number of hydrogen-bond acceptors (Lipinski definition) is 2. The van der Waals surface area contributed by atoms with Crippen LogP contribution in [0.4, 0.5) is 0 Å². The zero-order valence-corrected chi connectivity index (χ0v) is 21.1. The molecule has 4 heteroatoms. The third-order valence-electron chi connectivity index (χ3n) is 7.89. The number of para-hydroxylation sites is 2. The molecule has 4 aromatic heterocycles. The van der Waals surface area contributed by atoms with E-state index in [1.165, 1.54) is 26.9 Å². The van der Waals surface area contributed by atoms with Gasteiger partial charge in [-0.1, -0.05) is 54.6 Å². The summed E-state index contributed by atoms with van der Waals surface area (Å²) in [6.07, 6.45) is 4.01. The number of fused-ring (bicyclic) bond motifs is 7. The lowest BCUT2D eigenvalue weighted by Crippen LogP contribution is -2.30. The molecule has 8 aromatic rings. The van der Waals surface area contributed by atoms with E-state index in [4.69, 9.17) is 9.40 Å². The van der Waals surface area contributed by atoms with Gasteiger partial charge in [0.05, 0.1) is 16.6 Å². The van der Waals surface area contributed by atoms with Gasteiger partial charge in [-0.05, 0) is 48.7 Å². The molecule has 0 unspecified atom stereocenters. The van der Waals surface area contributed by atoms with Crippen molar-refractivity contribution in [3.8, 4) is 17.1 Å². The average Bonchev–Trinajstić information content (AvgIpc) is 3.47. The minimum atomic E-state index is 0.916. The van der Waals surface area contributed by atoms with Crippen molar-refractivity contribution in [1.82, 2.24) is 9.55 Å². The predicted octanol–water partition coefficient (Wildman–Crippen LogP) is 8.03. The Hall–Kier alpha value is -4.96. The van der Waals surface area contributed by atoms with Gasteiger partial charge < -0.3 is 4.42 Å². The smallest absolute Gasteiger partial charge is 0.256 e. The highest BCUT2D eigenvalue weighted by molar-refractivity contribution is 6.15. The molecule has 0 aliphatic rings. The normalized spacial score (nSPS) is 11.9. The molecule has 4 nitrogen and oxygen atoms in total. The highest BCUT2D eigenvalue weighted by Crippen LogP contribution is 2.39. The van der Waals surface area contributed by atoms with Gasteiger partial charge in [-0.25, -0.2) is 4.98 Å². The maximum atomic E-state index is 6.43. The van der Waals surface area contributed by atoms with E-state index in [9.17, 15) is 0 Å². The zero-order chi connectivity index (χ0) is 25.4. The maximum absolute atomic E-state index is 6.43. The van der Waals surface area contributed by atoms with E-state index in [-0.39, 0.29) is 0 Å². The molecule has 4 heterocycles. The highest BCUT2D eigenvalue weighted by atomic mass is 16.3. The van der Waals surface area contributed by atoms with Crippen molar-refractivity contribution in [3.05, 3.63) is 115 Å².